The normalized spacial score (nSPS) is 16.4. The molecule has 2 aromatic carbocycles. The average molecular weight is 412 g/mol. The topological polar surface area (TPSA) is 74.4 Å². The molecule has 1 aliphatic heterocycles. The average Bonchev–Trinajstić information content (AvgIpc) is 3.29. The van der Waals surface area contributed by atoms with E-state index in [2.05, 4.69) is 10.3 Å². The Bertz CT molecular complexity index is 1060. The number of anilines is 1. The van der Waals surface area contributed by atoms with Crippen LogP contribution in [0.2, 0.25) is 5.02 Å². The van der Waals surface area contributed by atoms with E-state index in [0.717, 1.165) is 16.5 Å². The molecule has 1 atom stereocenters. The first-order valence-corrected chi connectivity index (χ1v) is 9.89. The molecule has 0 aliphatic carbocycles. The minimum absolute atomic E-state index is 0.00802. The van der Waals surface area contributed by atoms with Crippen molar-refractivity contribution in [3.63, 3.8) is 0 Å². The summed E-state index contributed by atoms with van der Waals surface area (Å²) in [6.45, 7) is 0.999. The molecule has 6 nitrogen and oxygen atoms in total. The van der Waals surface area contributed by atoms with E-state index >= 15 is 0 Å². The van der Waals surface area contributed by atoms with Gasteiger partial charge in [0.15, 0.2) is 0 Å². The fraction of sp³-hybridized carbons (Fsp3) is 0.273. The number of rotatable bonds is 6. The summed E-state index contributed by atoms with van der Waals surface area (Å²) in [5.41, 5.74) is 2.79. The van der Waals surface area contributed by atoms with E-state index < -0.39 is 0 Å². The van der Waals surface area contributed by atoms with Crippen molar-refractivity contribution in [3.8, 4) is 5.75 Å². The molecule has 2 N–H and O–H groups in total. The third kappa shape index (κ3) is 4.22. The molecule has 4 rings (SSSR count). The molecule has 3 aromatic rings. The zero-order valence-electron chi connectivity index (χ0n) is 16.1. The Morgan fingerprint density at radius 1 is 1.31 bits per heavy atom. The molecule has 0 unspecified atom stereocenters. The van der Waals surface area contributed by atoms with Gasteiger partial charge in [-0.1, -0.05) is 17.7 Å². The van der Waals surface area contributed by atoms with Crippen molar-refractivity contribution < 1.29 is 14.3 Å². The van der Waals surface area contributed by atoms with Crippen LogP contribution >= 0.6 is 11.6 Å². The van der Waals surface area contributed by atoms with Crippen LogP contribution < -0.4 is 10.1 Å². The Kier molecular flexibility index (Phi) is 5.45. The zero-order chi connectivity index (χ0) is 20.4. The molecular formula is C22H22ClN3O3. The second-order valence-electron chi connectivity index (χ2n) is 7.22. The maximum atomic E-state index is 12.6. The third-order valence-corrected chi connectivity index (χ3v) is 5.54. The van der Waals surface area contributed by atoms with Crippen LogP contribution in [0.5, 0.6) is 5.75 Å². The molecule has 29 heavy (non-hydrogen) atoms. The number of H-pyrrole nitrogens is 1. The van der Waals surface area contributed by atoms with Crippen LogP contribution in [0.3, 0.4) is 0 Å². The minimum atomic E-state index is -0.355. The van der Waals surface area contributed by atoms with Gasteiger partial charge in [0.25, 0.3) is 0 Å². The molecule has 0 saturated carbocycles. The highest BCUT2D eigenvalue weighted by atomic mass is 35.5. The first-order valence-electron chi connectivity index (χ1n) is 9.51. The zero-order valence-corrected chi connectivity index (χ0v) is 16.8. The van der Waals surface area contributed by atoms with Crippen molar-refractivity contribution in [1.29, 1.82) is 0 Å². The second-order valence-corrected chi connectivity index (χ2v) is 7.65. The summed E-state index contributed by atoms with van der Waals surface area (Å²) in [5, 5.41) is 4.63. The fourth-order valence-electron chi connectivity index (χ4n) is 3.72. The van der Waals surface area contributed by atoms with E-state index in [9.17, 15) is 9.59 Å². The van der Waals surface area contributed by atoms with E-state index in [0.29, 0.717) is 36.0 Å². The van der Waals surface area contributed by atoms with Crippen molar-refractivity contribution in [1.82, 2.24) is 9.88 Å². The Labute approximate surface area is 173 Å². The second kappa shape index (κ2) is 8.17. The lowest BCUT2D eigenvalue weighted by molar-refractivity contribution is -0.128. The van der Waals surface area contributed by atoms with Crippen LogP contribution in [0.15, 0.2) is 48.7 Å². The maximum absolute atomic E-state index is 12.6. The van der Waals surface area contributed by atoms with Crippen molar-refractivity contribution in [2.75, 3.05) is 25.5 Å². The van der Waals surface area contributed by atoms with Crippen molar-refractivity contribution in [2.45, 2.75) is 12.8 Å². The van der Waals surface area contributed by atoms with Gasteiger partial charge in [-0.15, -0.1) is 0 Å². The summed E-state index contributed by atoms with van der Waals surface area (Å²) in [6, 6.07) is 12.9. The van der Waals surface area contributed by atoms with Crippen molar-refractivity contribution in [2.24, 2.45) is 5.92 Å². The van der Waals surface area contributed by atoms with Gasteiger partial charge in [-0.05, 0) is 42.3 Å². The van der Waals surface area contributed by atoms with Gasteiger partial charge in [-0.3, -0.25) is 9.59 Å². The number of amides is 2. The number of aromatic nitrogens is 1. The molecule has 0 spiro atoms. The SMILES string of the molecule is COc1cccc(NC(=O)[C@@H]2CC(=O)N(CCc3c[nH]c4ccc(Cl)cc34)C2)c1. The molecule has 1 aliphatic rings. The van der Waals surface area contributed by atoms with E-state index in [1.807, 2.05) is 36.5 Å². The number of hydrogen-bond acceptors (Lipinski definition) is 3. The van der Waals surface area contributed by atoms with Gasteiger partial charge < -0.3 is 19.9 Å². The number of benzene rings is 2. The van der Waals surface area contributed by atoms with Crippen LogP contribution in [-0.4, -0.2) is 41.9 Å². The number of aromatic amines is 1. The molecule has 150 valence electrons. The highest BCUT2D eigenvalue weighted by molar-refractivity contribution is 6.31. The predicted octanol–water partition coefficient (Wildman–Crippen LogP) is 3.86. The van der Waals surface area contributed by atoms with E-state index in [1.165, 1.54) is 0 Å². The number of hydrogen-bond donors (Lipinski definition) is 2. The molecule has 1 saturated heterocycles. The molecule has 2 amide bonds. The van der Waals surface area contributed by atoms with Crippen LogP contribution in [0, 0.1) is 5.92 Å². The monoisotopic (exact) mass is 411 g/mol. The third-order valence-electron chi connectivity index (χ3n) is 5.30. The number of carbonyl (C=O) groups is 2. The Morgan fingerprint density at radius 3 is 3.00 bits per heavy atom. The van der Waals surface area contributed by atoms with E-state index in [4.69, 9.17) is 16.3 Å². The first-order chi connectivity index (χ1) is 14.0. The molecule has 1 fully saturated rings. The fourth-order valence-corrected chi connectivity index (χ4v) is 3.89. The Balaban J connectivity index is 1.37. The molecule has 0 radical (unpaired) electrons. The largest absolute Gasteiger partial charge is 0.497 e. The number of halogens is 1. The van der Waals surface area contributed by atoms with Gasteiger partial charge in [0.2, 0.25) is 11.8 Å². The van der Waals surface area contributed by atoms with Crippen LogP contribution in [-0.2, 0) is 16.0 Å². The quantitative estimate of drug-likeness (QED) is 0.646. The summed E-state index contributed by atoms with van der Waals surface area (Å²) < 4.78 is 5.18. The lowest BCUT2D eigenvalue weighted by Crippen LogP contribution is -2.30. The minimum Gasteiger partial charge on any atom is -0.497 e. The predicted molar refractivity (Wildman–Crippen MR) is 113 cm³/mol. The van der Waals surface area contributed by atoms with Gasteiger partial charge in [0.05, 0.1) is 13.0 Å². The molecule has 1 aromatic heterocycles. The van der Waals surface area contributed by atoms with Crippen LogP contribution in [0.1, 0.15) is 12.0 Å². The molecular weight excluding hydrogens is 390 g/mol. The van der Waals surface area contributed by atoms with E-state index in [1.54, 1.807) is 24.1 Å². The smallest absolute Gasteiger partial charge is 0.229 e. The van der Waals surface area contributed by atoms with Crippen molar-refractivity contribution in [3.05, 3.63) is 59.2 Å². The number of ether oxygens (including phenoxy) is 1. The maximum Gasteiger partial charge on any atom is 0.229 e. The highest BCUT2D eigenvalue weighted by Crippen LogP contribution is 2.25. The van der Waals surface area contributed by atoms with Crippen LogP contribution in [0.4, 0.5) is 5.69 Å². The number of likely N-dealkylation sites (tertiary alicyclic amines) is 1. The summed E-state index contributed by atoms with van der Waals surface area (Å²) in [5.74, 6) is 0.179. The Hall–Kier alpha value is -2.99. The summed E-state index contributed by atoms with van der Waals surface area (Å²) in [4.78, 5) is 30.0. The standard InChI is InChI=1S/C22H22ClN3O3/c1-29-18-4-2-3-17(11-18)25-22(28)15-9-21(27)26(13-15)8-7-14-12-24-20-6-5-16(23)10-19(14)20/h2-6,10-12,15,24H,7-9,13H2,1H3,(H,25,28)/t15-/m1/s1. The number of methoxy groups -OCH3 is 1. The number of carbonyl (C=O) groups excluding carboxylic acids is 2. The highest BCUT2D eigenvalue weighted by Gasteiger charge is 2.34. The summed E-state index contributed by atoms with van der Waals surface area (Å²) in [7, 11) is 1.58. The van der Waals surface area contributed by atoms with E-state index in [-0.39, 0.29) is 24.2 Å². The number of nitrogens with zero attached hydrogens (tertiary/aromatic N) is 1. The summed E-state index contributed by atoms with van der Waals surface area (Å²) >= 11 is 6.11. The summed E-state index contributed by atoms with van der Waals surface area (Å²) in [6.07, 6.45) is 2.89. The molecule has 0 bridgehead atoms. The van der Waals surface area contributed by atoms with Gasteiger partial charge in [0.1, 0.15) is 5.75 Å². The van der Waals surface area contributed by atoms with Crippen LogP contribution in [0.25, 0.3) is 10.9 Å². The van der Waals surface area contributed by atoms with Gasteiger partial charge in [-0.25, -0.2) is 0 Å². The molecule has 2 heterocycles. The Morgan fingerprint density at radius 2 is 2.17 bits per heavy atom. The first kappa shape index (κ1) is 19.3. The number of nitrogens with one attached hydrogen (secondary N) is 2. The van der Waals surface area contributed by atoms with Gasteiger partial charge >= 0.3 is 0 Å². The number of fused-ring (bicyclic) bond motifs is 1. The van der Waals surface area contributed by atoms with Gasteiger partial charge in [0, 0.05) is 53.4 Å². The lowest BCUT2D eigenvalue weighted by Gasteiger charge is -2.16. The van der Waals surface area contributed by atoms with Crippen molar-refractivity contribution >= 4 is 40.0 Å². The lowest BCUT2D eigenvalue weighted by atomic mass is 10.1. The molecule has 7 heteroatoms. The van der Waals surface area contributed by atoms with Gasteiger partial charge in [-0.2, -0.15) is 0 Å².